The Kier molecular flexibility index (Phi) is 9.61. The Labute approximate surface area is 55.9 Å². The number of hydrogen-bond acceptors (Lipinski definition) is 3. The molecule has 0 fully saturated rings. The molecule has 3 N–H and O–H groups in total. The second-order valence-corrected chi connectivity index (χ2v) is 1.87. The van der Waals surface area contributed by atoms with E-state index in [1.165, 1.54) is 7.05 Å². The first-order valence-electron chi connectivity index (χ1n) is 2.89. The van der Waals surface area contributed by atoms with Crippen molar-refractivity contribution in [1.82, 2.24) is 0 Å². The summed E-state index contributed by atoms with van der Waals surface area (Å²) in [5, 5.41) is 8.57. The summed E-state index contributed by atoms with van der Waals surface area (Å²) in [6.07, 6.45) is -0.231. The predicted molar refractivity (Wildman–Crippen MR) is 37.0 cm³/mol. The van der Waals surface area contributed by atoms with Gasteiger partial charge in [0.1, 0.15) is 12.4 Å². The highest BCUT2D eigenvalue weighted by atomic mass is 16.3. The Morgan fingerprint density at radius 1 is 1.44 bits per heavy atom. The molecule has 9 heavy (non-hydrogen) atoms. The quantitative estimate of drug-likeness (QED) is 0.512. The van der Waals surface area contributed by atoms with Crippen LogP contribution in [0.25, 0.3) is 0 Å². The third-order valence-corrected chi connectivity index (χ3v) is 0.822. The van der Waals surface area contributed by atoms with Crippen LogP contribution in [-0.4, -0.2) is 24.5 Å². The summed E-state index contributed by atoms with van der Waals surface area (Å²) >= 11 is 0. The van der Waals surface area contributed by atoms with Crippen LogP contribution in [0.4, 0.5) is 0 Å². The first-order chi connectivity index (χ1) is 4.18. The minimum Gasteiger partial charge on any atom is -0.385 e. The van der Waals surface area contributed by atoms with Crippen LogP contribution in [0.5, 0.6) is 0 Å². The van der Waals surface area contributed by atoms with Crippen molar-refractivity contribution in [3.05, 3.63) is 0 Å². The van der Waals surface area contributed by atoms with Gasteiger partial charge in [-0.3, -0.25) is 0 Å². The molecule has 1 atom stereocenters. The average Bonchev–Trinajstić information content (AvgIpc) is 1.91. The summed E-state index contributed by atoms with van der Waals surface area (Å²) in [6, 6.07) is 0. The maximum absolute atomic E-state index is 9.70. The van der Waals surface area contributed by atoms with Crippen molar-refractivity contribution >= 4 is 6.29 Å². The number of aldehydes is 1. The second-order valence-electron chi connectivity index (χ2n) is 1.87. The van der Waals surface area contributed by atoms with Crippen LogP contribution in [0.1, 0.15) is 13.8 Å². The lowest BCUT2D eigenvalue weighted by Crippen LogP contribution is -2.15. The van der Waals surface area contributed by atoms with Crippen LogP contribution in [0.2, 0.25) is 0 Å². The fraction of sp³-hybridized carbons (Fsp3) is 0.833. The van der Waals surface area contributed by atoms with Crippen LogP contribution in [0, 0.1) is 5.92 Å². The SMILES string of the molecule is CC(C)[C@H](O)C=O.CN. The molecule has 0 rings (SSSR count). The van der Waals surface area contributed by atoms with Crippen LogP contribution < -0.4 is 5.73 Å². The Morgan fingerprint density at radius 2 is 1.78 bits per heavy atom. The third kappa shape index (κ3) is 7.59. The van der Waals surface area contributed by atoms with Gasteiger partial charge in [0.15, 0.2) is 0 Å². The van der Waals surface area contributed by atoms with Gasteiger partial charge in [-0.25, -0.2) is 0 Å². The van der Waals surface area contributed by atoms with Gasteiger partial charge >= 0.3 is 0 Å². The standard InChI is InChI=1S/C5H10O2.CH5N/c1-4(2)5(7)3-6;1-2/h3-5,7H,1-2H3;2H2,1H3/t5-;/m1./s1. The molecule has 0 spiro atoms. The summed E-state index contributed by atoms with van der Waals surface area (Å²) in [5.41, 5.74) is 4.50. The lowest BCUT2D eigenvalue weighted by atomic mass is 10.1. The van der Waals surface area contributed by atoms with Gasteiger partial charge in [-0.1, -0.05) is 13.8 Å². The van der Waals surface area contributed by atoms with Gasteiger partial charge in [0.05, 0.1) is 0 Å². The van der Waals surface area contributed by atoms with E-state index in [4.69, 9.17) is 5.11 Å². The number of carbonyl (C=O) groups excluding carboxylic acids is 1. The molecule has 0 bridgehead atoms. The van der Waals surface area contributed by atoms with Crippen molar-refractivity contribution in [3.8, 4) is 0 Å². The smallest absolute Gasteiger partial charge is 0.148 e. The minimum atomic E-state index is -0.778. The largest absolute Gasteiger partial charge is 0.385 e. The molecule has 0 aromatic rings. The van der Waals surface area contributed by atoms with E-state index in [1.54, 1.807) is 13.8 Å². The van der Waals surface area contributed by atoms with Crippen LogP contribution >= 0.6 is 0 Å². The fourth-order valence-corrected chi connectivity index (χ4v) is 0.157. The lowest BCUT2D eigenvalue weighted by molar-refractivity contribution is -0.116. The van der Waals surface area contributed by atoms with Crippen molar-refractivity contribution in [2.75, 3.05) is 7.05 Å². The summed E-state index contributed by atoms with van der Waals surface area (Å²) in [6.45, 7) is 3.58. The van der Waals surface area contributed by atoms with Crippen molar-refractivity contribution in [2.45, 2.75) is 20.0 Å². The topological polar surface area (TPSA) is 63.3 Å². The molecule has 3 nitrogen and oxygen atoms in total. The van der Waals surface area contributed by atoms with Crippen molar-refractivity contribution in [1.29, 1.82) is 0 Å². The molecule has 0 aliphatic rings. The molecule has 56 valence electrons. The maximum Gasteiger partial charge on any atom is 0.148 e. The zero-order valence-corrected chi connectivity index (χ0v) is 6.16. The molecule has 0 saturated heterocycles. The number of carbonyl (C=O) groups is 1. The van der Waals surface area contributed by atoms with E-state index in [0.717, 1.165) is 0 Å². The van der Waals surface area contributed by atoms with Gasteiger partial charge in [0, 0.05) is 0 Å². The minimum absolute atomic E-state index is 0.0532. The molecule has 0 aromatic heterocycles. The molecule has 0 saturated carbocycles. The van der Waals surface area contributed by atoms with Crippen molar-refractivity contribution in [3.63, 3.8) is 0 Å². The Hall–Kier alpha value is -0.410. The number of rotatable bonds is 2. The van der Waals surface area contributed by atoms with E-state index in [0.29, 0.717) is 6.29 Å². The number of aliphatic hydroxyl groups is 1. The molecule has 0 aliphatic heterocycles. The second kappa shape index (κ2) is 7.59. The van der Waals surface area contributed by atoms with E-state index in [2.05, 4.69) is 5.73 Å². The van der Waals surface area contributed by atoms with E-state index in [1.807, 2.05) is 0 Å². The summed E-state index contributed by atoms with van der Waals surface area (Å²) in [7, 11) is 1.50. The van der Waals surface area contributed by atoms with Gasteiger partial charge in [0.25, 0.3) is 0 Å². The Balaban J connectivity index is 0. The highest BCUT2D eigenvalue weighted by Gasteiger charge is 2.04. The van der Waals surface area contributed by atoms with Gasteiger partial charge < -0.3 is 15.6 Å². The highest BCUT2D eigenvalue weighted by molar-refractivity contribution is 5.55. The van der Waals surface area contributed by atoms with Crippen molar-refractivity contribution in [2.24, 2.45) is 11.7 Å². The summed E-state index contributed by atoms with van der Waals surface area (Å²) in [4.78, 5) is 9.70. The molecule has 0 aromatic carbocycles. The number of nitrogens with two attached hydrogens (primary N) is 1. The normalized spacial score (nSPS) is 11.8. The molecular formula is C6H15NO2. The van der Waals surface area contributed by atoms with Gasteiger partial charge in [-0.05, 0) is 13.0 Å². The molecule has 0 heterocycles. The fourth-order valence-electron chi connectivity index (χ4n) is 0.157. The number of aliphatic hydroxyl groups excluding tert-OH is 1. The van der Waals surface area contributed by atoms with Gasteiger partial charge in [-0.15, -0.1) is 0 Å². The molecule has 3 heteroatoms. The first kappa shape index (κ1) is 11.4. The Bertz CT molecular complexity index is 64.1. The lowest BCUT2D eigenvalue weighted by Gasteiger charge is -2.03. The Morgan fingerprint density at radius 3 is 1.78 bits per heavy atom. The third-order valence-electron chi connectivity index (χ3n) is 0.822. The zero-order chi connectivity index (χ0) is 7.86. The van der Waals surface area contributed by atoms with Gasteiger partial charge in [-0.2, -0.15) is 0 Å². The average molecular weight is 133 g/mol. The van der Waals surface area contributed by atoms with Crippen molar-refractivity contribution < 1.29 is 9.90 Å². The first-order valence-corrected chi connectivity index (χ1v) is 2.89. The molecule has 0 aliphatic carbocycles. The predicted octanol–water partition coefficient (Wildman–Crippen LogP) is -0.223. The van der Waals surface area contributed by atoms with Crippen LogP contribution in [0.3, 0.4) is 0 Å². The van der Waals surface area contributed by atoms with E-state index >= 15 is 0 Å². The van der Waals surface area contributed by atoms with Crippen LogP contribution in [0.15, 0.2) is 0 Å². The zero-order valence-electron chi connectivity index (χ0n) is 6.16. The molecule has 0 radical (unpaired) electrons. The number of hydrogen-bond donors (Lipinski definition) is 2. The summed E-state index contributed by atoms with van der Waals surface area (Å²) in [5.74, 6) is 0.0532. The summed E-state index contributed by atoms with van der Waals surface area (Å²) < 4.78 is 0. The molecular weight excluding hydrogens is 118 g/mol. The molecule has 0 unspecified atom stereocenters. The van der Waals surface area contributed by atoms with E-state index < -0.39 is 6.10 Å². The van der Waals surface area contributed by atoms with Gasteiger partial charge in [0.2, 0.25) is 0 Å². The molecule has 0 amide bonds. The highest BCUT2D eigenvalue weighted by Crippen LogP contribution is 1.95. The van der Waals surface area contributed by atoms with Crippen LogP contribution in [-0.2, 0) is 4.79 Å². The van der Waals surface area contributed by atoms with E-state index in [-0.39, 0.29) is 5.92 Å². The monoisotopic (exact) mass is 133 g/mol. The maximum atomic E-state index is 9.70. The van der Waals surface area contributed by atoms with E-state index in [9.17, 15) is 4.79 Å².